The lowest BCUT2D eigenvalue weighted by Gasteiger charge is -2.09. The van der Waals surface area contributed by atoms with Crippen LogP contribution in [-0.4, -0.2) is 51.0 Å². The Morgan fingerprint density at radius 3 is 2.29 bits per heavy atom. The van der Waals surface area contributed by atoms with Gasteiger partial charge in [-0.3, -0.25) is 4.79 Å². The van der Waals surface area contributed by atoms with Crippen LogP contribution < -0.4 is 4.74 Å². The van der Waals surface area contributed by atoms with Crippen molar-refractivity contribution in [2.45, 2.75) is 0 Å². The van der Waals surface area contributed by atoms with Crippen LogP contribution in [0.5, 0.6) is 5.75 Å². The number of hydrogen-bond acceptors (Lipinski definition) is 7. The summed E-state index contributed by atoms with van der Waals surface area (Å²) in [6.45, 7) is 1.35. The normalized spacial score (nSPS) is 10.1. The summed E-state index contributed by atoms with van der Waals surface area (Å²) >= 11 is 0. The van der Waals surface area contributed by atoms with Gasteiger partial charge in [-0.25, -0.2) is 0 Å². The lowest BCUT2D eigenvalue weighted by atomic mass is 10.2. The topological polar surface area (TPSA) is 97.1 Å². The number of carbonyl (C=O) groups is 1. The predicted octanol–water partition coefficient (Wildman–Crippen LogP) is 1.12. The molecule has 0 aliphatic heterocycles. The summed E-state index contributed by atoms with van der Waals surface area (Å²) in [5, 5.41) is 8.97. The van der Waals surface area contributed by atoms with Gasteiger partial charge in [-0.15, -0.1) is 10.1 Å². The van der Waals surface area contributed by atoms with E-state index in [4.69, 9.17) is 14.2 Å². The van der Waals surface area contributed by atoms with E-state index in [2.05, 4.69) is 4.84 Å². The van der Waals surface area contributed by atoms with Gasteiger partial charge in [0.05, 0.1) is 32.0 Å². The molecule has 1 aromatic rings. The van der Waals surface area contributed by atoms with Crippen LogP contribution in [0.3, 0.4) is 0 Å². The molecular formula is C13H17NO7. The first-order valence-electron chi connectivity index (χ1n) is 6.34. The van der Waals surface area contributed by atoms with E-state index in [0.29, 0.717) is 37.7 Å². The van der Waals surface area contributed by atoms with Crippen molar-refractivity contribution >= 4 is 6.29 Å². The first kappa shape index (κ1) is 16.9. The SMILES string of the molecule is O=Cc1ccccc1OCCOCCOCCO[N+](=O)[O-]. The molecule has 8 heteroatoms. The minimum atomic E-state index is -0.867. The molecule has 0 saturated heterocycles. The Morgan fingerprint density at radius 1 is 1.00 bits per heavy atom. The Kier molecular flexibility index (Phi) is 8.50. The molecule has 0 aliphatic rings. The van der Waals surface area contributed by atoms with Crippen LogP contribution >= 0.6 is 0 Å². The van der Waals surface area contributed by atoms with Gasteiger partial charge in [0.1, 0.15) is 19.0 Å². The molecule has 21 heavy (non-hydrogen) atoms. The van der Waals surface area contributed by atoms with Crippen molar-refractivity contribution in [2.24, 2.45) is 0 Å². The first-order valence-corrected chi connectivity index (χ1v) is 6.34. The van der Waals surface area contributed by atoms with Crippen molar-refractivity contribution in [3.05, 3.63) is 39.9 Å². The van der Waals surface area contributed by atoms with Gasteiger partial charge in [0.25, 0.3) is 5.09 Å². The van der Waals surface area contributed by atoms with Gasteiger partial charge in [0, 0.05) is 0 Å². The minimum Gasteiger partial charge on any atom is -0.490 e. The number of hydrogen-bond donors (Lipinski definition) is 0. The van der Waals surface area contributed by atoms with E-state index in [1.54, 1.807) is 24.3 Å². The number of para-hydroxylation sites is 1. The maximum atomic E-state index is 10.7. The predicted molar refractivity (Wildman–Crippen MR) is 71.9 cm³/mol. The smallest absolute Gasteiger partial charge is 0.294 e. The minimum absolute atomic E-state index is 0.0986. The molecule has 0 heterocycles. The van der Waals surface area contributed by atoms with Crippen LogP contribution in [0.2, 0.25) is 0 Å². The summed E-state index contributed by atoms with van der Waals surface area (Å²) in [7, 11) is 0. The average Bonchev–Trinajstić information content (AvgIpc) is 2.49. The highest BCUT2D eigenvalue weighted by atomic mass is 17.0. The second kappa shape index (κ2) is 10.6. The highest BCUT2D eigenvalue weighted by Crippen LogP contribution is 2.15. The van der Waals surface area contributed by atoms with E-state index in [1.807, 2.05) is 0 Å². The van der Waals surface area contributed by atoms with Crippen LogP contribution in [0.1, 0.15) is 10.4 Å². The van der Waals surface area contributed by atoms with Gasteiger partial charge in [0.15, 0.2) is 6.29 Å². The monoisotopic (exact) mass is 299 g/mol. The number of rotatable bonds is 12. The van der Waals surface area contributed by atoms with Gasteiger partial charge in [0.2, 0.25) is 0 Å². The maximum absolute atomic E-state index is 10.7. The zero-order valence-corrected chi connectivity index (χ0v) is 11.4. The van der Waals surface area contributed by atoms with Crippen molar-refractivity contribution in [2.75, 3.05) is 39.6 Å². The van der Waals surface area contributed by atoms with Gasteiger partial charge < -0.3 is 19.0 Å². The average molecular weight is 299 g/mol. The maximum Gasteiger partial charge on any atom is 0.294 e. The molecule has 0 atom stereocenters. The zero-order valence-electron chi connectivity index (χ0n) is 11.4. The largest absolute Gasteiger partial charge is 0.490 e. The van der Waals surface area contributed by atoms with Crippen LogP contribution in [0.25, 0.3) is 0 Å². The molecule has 8 nitrogen and oxygen atoms in total. The van der Waals surface area contributed by atoms with Gasteiger partial charge >= 0.3 is 0 Å². The van der Waals surface area contributed by atoms with Gasteiger partial charge in [-0.05, 0) is 12.1 Å². The molecule has 0 N–H and O–H groups in total. The lowest BCUT2D eigenvalue weighted by Crippen LogP contribution is -2.14. The Balaban J connectivity index is 1.97. The highest BCUT2D eigenvalue weighted by molar-refractivity contribution is 5.79. The third kappa shape index (κ3) is 7.85. The molecule has 0 fully saturated rings. The van der Waals surface area contributed by atoms with E-state index in [1.165, 1.54) is 0 Å². The lowest BCUT2D eigenvalue weighted by molar-refractivity contribution is -0.758. The van der Waals surface area contributed by atoms with E-state index in [-0.39, 0.29) is 13.2 Å². The van der Waals surface area contributed by atoms with E-state index >= 15 is 0 Å². The second-order valence-electron chi connectivity index (χ2n) is 3.79. The van der Waals surface area contributed by atoms with Gasteiger partial charge in [-0.2, -0.15) is 0 Å². The Bertz CT molecular complexity index is 438. The number of benzene rings is 1. The quantitative estimate of drug-likeness (QED) is 0.247. The summed E-state index contributed by atoms with van der Waals surface area (Å²) < 4.78 is 15.7. The Hall–Kier alpha value is -2.19. The summed E-state index contributed by atoms with van der Waals surface area (Å²) in [6.07, 6.45) is 0.733. The van der Waals surface area contributed by atoms with Crippen LogP contribution in [-0.2, 0) is 14.3 Å². The fourth-order valence-electron chi connectivity index (χ4n) is 1.41. The van der Waals surface area contributed by atoms with Crippen molar-refractivity contribution in [1.82, 2.24) is 0 Å². The molecule has 0 radical (unpaired) electrons. The van der Waals surface area contributed by atoms with Crippen LogP contribution in [0.15, 0.2) is 24.3 Å². The number of carbonyl (C=O) groups excluding carboxylic acids is 1. The molecular weight excluding hydrogens is 282 g/mol. The van der Waals surface area contributed by atoms with Gasteiger partial charge in [-0.1, -0.05) is 12.1 Å². The van der Waals surface area contributed by atoms with Crippen molar-refractivity contribution in [3.63, 3.8) is 0 Å². The fourth-order valence-corrected chi connectivity index (χ4v) is 1.41. The Labute approximate surface area is 121 Å². The van der Waals surface area contributed by atoms with Crippen LogP contribution in [0.4, 0.5) is 0 Å². The molecule has 0 spiro atoms. The molecule has 0 bridgehead atoms. The van der Waals surface area contributed by atoms with E-state index in [0.717, 1.165) is 6.29 Å². The zero-order chi connectivity index (χ0) is 15.3. The summed E-state index contributed by atoms with van der Waals surface area (Å²) in [5.74, 6) is 0.518. The second-order valence-corrected chi connectivity index (χ2v) is 3.79. The molecule has 1 aromatic carbocycles. The van der Waals surface area contributed by atoms with E-state index < -0.39 is 5.09 Å². The van der Waals surface area contributed by atoms with E-state index in [9.17, 15) is 14.9 Å². The molecule has 0 aromatic heterocycles. The molecule has 0 saturated carbocycles. The Morgan fingerprint density at radius 2 is 1.62 bits per heavy atom. The molecule has 0 aliphatic carbocycles. The number of aldehydes is 1. The molecule has 0 amide bonds. The first-order chi connectivity index (χ1) is 10.2. The summed E-state index contributed by atoms with van der Waals surface area (Å²) in [5.41, 5.74) is 0.492. The van der Waals surface area contributed by atoms with Crippen LogP contribution in [0, 0.1) is 10.1 Å². The summed E-state index contributed by atoms with van der Waals surface area (Å²) in [4.78, 5) is 24.7. The standard InChI is InChI=1S/C13H17NO7/c15-11-12-3-1-2-4-13(12)20-9-7-18-5-6-19-8-10-21-14(16)17/h1-4,11H,5-10H2. The third-order valence-electron chi connectivity index (χ3n) is 2.33. The number of nitrogens with zero attached hydrogens (tertiary/aromatic N) is 1. The highest BCUT2D eigenvalue weighted by Gasteiger charge is 2.00. The molecule has 116 valence electrons. The fraction of sp³-hybridized carbons (Fsp3) is 0.462. The molecule has 1 rings (SSSR count). The third-order valence-corrected chi connectivity index (χ3v) is 2.33. The molecule has 0 unspecified atom stereocenters. The summed E-state index contributed by atoms with van der Waals surface area (Å²) in [6, 6.07) is 6.92. The van der Waals surface area contributed by atoms with Crippen molar-refractivity contribution in [1.29, 1.82) is 0 Å². The number of ether oxygens (including phenoxy) is 3. The van der Waals surface area contributed by atoms with Crippen molar-refractivity contribution in [3.8, 4) is 5.75 Å². The van der Waals surface area contributed by atoms with Crippen molar-refractivity contribution < 1.29 is 28.9 Å².